The van der Waals surface area contributed by atoms with Crippen LogP contribution in [0.3, 0.4) is 0 Å². The fourth-order valence-electron chi connectivity index (χ4n) is 2.91. The van der Waals surface area contributed by atoms with E-state index in [1.807, 2.05) is 42.7 Å². The molecule has 0 fully saturated rings. The monoisotopic (exact) mass is 340 g/mol. The second kappa shape index (κ2) is 6.49. The normalized spacial score (nSPS) is 10.8. The number of nitrogens with one attached hydrogen (secondary N) is 1. The summed E-state index contributed by atoms with van der Waals surface area (Å²) in [7, 11) is 0. The molecule has 1 heterocycles. The van der Waals surface area contributed by atoms with Crippen LogP contribution in [0.15, 0.2) is 42.5 Å². The molecule has 0 saturated heterocycles. The van der Waals surface area contributed by atoms with Crippen molar-refractivity contribution in [3.8, 4) is 0 Å². The SMILES string of the molecule is Cc1cc(Cl)ccc1NC(=O)Cn1c(C)c(C=O)c2ccccc21. The Kier molecular flexibility index (Phi) is 4.40. The van der Waals surface area contributed by atoms with Crippen LogP contribution >= 0.6 is 11.6 Å². The van der Waals surface area contributed by atoms with Crippen molar-refractivity contribution in [2.24, 2.45) is 0 Å². The molecule has 3 aromatic rings. The number of hydrogen-bond donors (Lipinski definition) is 1. The van der Waals surface area contributed by atoms with Crippen LogP contribution in [0.4, 0.5) is 5.69 Å². The Hall–Kier alpha value is -2.59. The van der Waals surface area contributed by atoms with Crippen molar-refractivity contribution in [1.82, 2.24) is 4.57 Å². The molecule has 122 valence electrons. The van der Waals surface area contributed by atoms with Gasteiger partial charge >= 0.3 is 0 Å². The van der Waals surface area contributed by atoms with E-state index >= 15 is 0 Å². The van der Waals surface area contributed by atoms with Crippen molar-refractivity contribution >= 4 is 40.4 Å². The highest BCUT2D eigenvalue weighted by Gasteiger charge is 2.15. The molecule has 2 aromatic carbocycles. The summed E-state index contributed by atoms with van der Waals surface area (Å²) < 4.78 is 1.86. The first-order valence-electron chi connectivity index (χ1n) is 7.60. The highest BCUT2D eigenvalue weighted by molar-refractivity contribution is 6.30. The molecule has 0 aliphatic rings. The maximum absolute atomic E-state index is 12.5. The van der Waals surface area contributed by atoms with Gasteiger partial charge in [-0.15, -0.1) is 0 Å². The number of para-hydroxylation sites is 1. The summed E-state index contributed by atoms with van der Waals surface area (Å²) in [5.41, 5.74) is 3.92. The molecule has 24 heavy (non-hydrogen) atoms. The largest absolute Gasteiger partial charge is 0.335 e. The van der Waals surface area contributed by atoms with Crippen LogP contribution in [0.5, 0.6) is 0 Å². The highest BCUT2D eigenvalue weighted by Crippen LogP contribution is 2.25. The average Bonchev–Trinajstić information content (AvgIpc) is 2.82. The minimum Gasteiger partial charge on any atom is -0.335 e. The molecule has 0 saturated carbocycles. The van der Waals surface area contributed by atoms with Gasteiger partial charge in [0, 0.05) is 32.9 Å². The van der Waals surface area contributed by atoms with Gasteiger partial charge in [-0.25, -0.2) is 0 Å². The predicted octanol–water partition coefficient (Wildman–Crippen LogP) is 4.36. The van der Waals surface area contributed by atoms with E-state index in [-0.39, 0.29) is 12.5 Å². The number of halogens is 1. The van der Waals surface area contributed by atoms with Gasteiger partial charge in [-0.1, -0.05) is 29.8 Å². The Morgan fingerprint density at radius 1 is 1.21 bits per heavy atom. The summed E-state index contributed by atoms with van der Waals surface area (Å²) in [5, 5.41) is 4.39. The summed E-state index contributed by atoms with van der Waals surface area (Å²) in [6, 6.07) is 12.9. The maximum atomic E-state index is 12.5. The van der Waals surface area contributed by atoms with Crippen molar-refractivity contribution in [2.75, 3.05) is 5.32 Å². The van der Waals surface area contributed by atoms with E-state index in [9.17, 15) is 9.59 Å². The molecular weight excluding hydrogens is 324 g/mol. The molecule has 0 radical (unpaired) electrons. The zero-order valence-corrected chi connectivity index (χ0v) is 14.2. The molecule has 0 aliphatic heterocycles. The maximum Gasteiger partial charge on any atom is 0.244 e. The standard InChI is InChI=1S/C19H17ClN2O2/c1-12-9-14(20)7-8-17(12)21-19(24)10-22-13(2)16(11-23)15-5-3-4-6-18(15)22/h3-9,11H,10H2,1-2H3,(H,21,24). The number of aldehydes is 1. The number of anilines is 1. The molecular formula is C19H17ClN2O2. The van der Waals surface area contributed by atoms with E-state index in [1.54, 1.807) is 18.2 Å². The number of aromatic nitrogens is 1. The van der Waals surface area contributed by atoms with Gasteiger partial charge in [-0.05, 0) is 43.7 Å². The van der Waals surface area contributed by atoms with Gasteiger partial charge in [0.15, 0.2) is 6.29 Å². The zero-order valence-electron chi connectivity index (χ0n) is 13.5. The number of fused-ring (bicyclic) bond motifs is 1. The van der Waals surface area contributed by atoms with E-state index in [0.717, 1.165) is 34.1 Å². The van der Waals surface area contributed by atoms with E-state index in [1.165, 1.54) is 0 Å². The van der Waals surface area contributed by atoms with Gasteiger partial charge in [0.05, 0.1) is 0 Å². The number of aryl methyl sites for hydroxylation is 1. The minimum atomic E-state index is -0.151. The number of carbonyl (C=O) groups is 2. The van der Waals surface area contributed by atoms with E-state index in [2.05, 4.69) is 5.32 Å². The molecule has 1 N–H and O–H groups in total. The third-order valence-electron chi connectivity index (χ3n) is 4.16. The van der Waals surface area contributed by atoms with Crippen LogP contribution in [-0.4, -0.2) is 16.8 Å². The van der Waals surface area contributed by atoms with Crippen molar-refractivity contribution in [3.63, 3.8) is 0 Å². The Morgan fingerprint density at radius 2 is 1.96 bits per heavy atom. The fourth-order valence-corrected chi connectivity index (χ4v) is 3.14. The van der Waals surface area contributed by atoms with Gasteiger partial charge in [0.25, 0.3) is 0 Å². The lowest BCUT2D eigenvalue weighted by atomic mass is 10.1. The van der Waals surface area contributed by atoms with Crippen LogP contribution in [0.1, 0.15) is 21.6 Å². The third-order valence-corrected chi connectivity index (χ3v) is 4.40. The Labute approximate surface area is 145 Å². The second-order valence-corrected chi connectivity index (χ2v) is 6.16. The number of hydrogen-bond acceptors (Lipinski definition) is 2. The average molecular weight is 341 g/mol. The molecule has 4 nitrogen and oxygen atoms in total. The van der Waals surface area contributed by atoms with Crippen LogP contribution in [0.2, 0.25) is 5.02 Å². The molecule has 0 spiro atoms. The quantitative estimate of drug-likeness (QED) is 0.717. The van der Waals surface area contributed by atoms with Crippen LogP contribution in [0.25, 0.3) is 10.9 Å². The molecule has 5 heteroatoms. The number of benzene rings is 2. The van der Waals surface area contributed by atoms with Gasteiger partial charge in [0.2, 0.25) is 5.91 Å². The third kappa shape index (κ3) is 2.93. The van der Waals surface area contributed by atoms with Crippen LogP contribution in [0, 0.1) is 13.8 Å². The fraction of sp³-hybridized carbons (Fsp3) is 0.158. The lowest BCUT2D eigenvalue weighted by Crippen LogP contribution is -2.20. The van der Waals surface area contributed by atoms with Gasteiger partial charge in [0.1, 0.15) is 6.54 Å². The predicted molar refractivity (Wildman–Crippen MR) is 96.9 cm³/mol. The Bertz CT molecular complexity index is 944. The summed E-state index contributed by atoms with van der Waals surface area (Å²) in [5.74, 6) is -0.151. The van der Waals surface area contributed by atoms with Crippen LogP contribution < -0.4 is 5.32 Å². The summed E-state index contributed by atoms with van der Waals surface area (Å²) in [4.78, 5) is 23.8. The van der Waals surface area contributed by atoms with E-state index in [4.69, 9.17) is 11.6 Å². The van der Waals surface area contributed by atoms with Crippen molar-refractivity contribution in [2.45, 2.75) is 20.4 Å². The molecule has 3 rings (SSSR count). The van der Waals surface area contributed by atoms with Crippen LogP contribution in [-0.2, 0) is 11.3 Å². The molecule has 0 bridgehead atoms. The van der Waals surface area contributed by atoms with Gasteiger partial charge in [-0.3, -0.25) is 9.59 Å². The first kappa shape index (κ1) is 16.3. The Morgan fingerprint density at radius 3 is 2.67 bits per heavy atom. The molecule has 0 aliphatic carbocycles. The highest BCUT2D eigenvalue weighted by atomic mass is 35.5. The van der Waals surface area contributed by atoms with Crippen molar-refractivity contribution in [3.05, 3.63) is 64.3 Å². The lowest BCUT2D eigenvalue weighted by molar-refractivity contribution is -0.116. The van der Waals surface area contributed by atoms with E-state index < -0.39 is 0 Å². The number of rotatable bonds is 4. The number of amides is 1. The second-order valence-electron chi connectivity index (χ2n) is 5.73. The molecule has 0 atom stereocenters. The minimum absolute atomic E-state index is 0.141. The zero-order chi connectivity index (χ0) is 17.3. The number of nitrogens with zero attached hydrogens (tertiary/aromatic N) is 1. The summed E-state index contributed by atoms with van der Waals surface area (Å²) in [6.45, 7) is 3.88. The van der Waals surface area contributed by atoms with Gasteiger partial charge < -0.3 is 9.88 Å². The lowest BCUT2D eigenvalue weighted by Gasteiger charge is -2.11. The summed E-state index contributed by atoms with van der Waals surface area (Å²) in [6.07, 6.45) is 0.843. The molecule has 1 aromatic heterocycles. The Balaban J connectivity index is 1.91. The van der Waals surface area contributed by atoms with Crippen molar-refractivity contribution in [1.29, 1.82) is 0 Å². The smallest absolute Gasteiger partial charge is 0.244 e. The van der Waals surface area contributed by atoms with Gasteiger partial charge in [-0.2, -0.15) is 0 Å². The molecule has 1 amide bonds. The topological polar surface area (TPSA) is 51.1 Å². The first-order chi connectivity index (χ1) is 11.5. The number of carbonyl (C=O) groups excluding carboxylic acids is 2. The first-order valence-corrected chi connectivity index (χ1v) is 7.98. The summed E-state index contributed by atoms with van der Waals surface area (Å²) >= 11 is 5.94. The molecule has 0 unspecified atom stereocenters. The van der Waals surface area contributed by atoms with Crippen molar-refractivity contribution < 1.29 is 9.59 Å². The van der Waals surface area contributed by atoms with E-state index in [0.29, 0.717) is 10.6 Å².